The molecule has 15 heavy (non-hydrogen) atoms. The summed E-state index contributed by atoms with van der Waals surface area (Å²) in [6.07, 6.45) is -1.23. The van der Waals surface area contributed by atoms with Gasteiger partial charge in [-0.3, -0.25) is 4.90 Å². The van der Waals surface area contributed by atoms with Crippen molar-refractivity contribution in [2.24, 2.45) is 5.92 Å². The SMILES string of the molecule is CC1CC(NCC(F)F)CN(C(C)C)C1. The monoisotopic (exact) mass is 220 g/mol. The van der Waals surface area contributed by atoms with Crippen molar-refractivity contribution in [1.82, 2.24) is 10.2 Å². The molecule has 90 valence electrons. The number of rotatable bonds is 4. The summed E-state index contributed by atoms with van der Waals surface area (Å²) < 4.78 is 24.1. The van der Waals surface area contributed by atoms with E-state index in [2.05, 4.69) is 31.0 Å². The molecule has 2 unspecified atom stereocenters. The van der Waals surface area contributed by atoms with Crippen molar-refractivity contribution in [3.05, 3.63) is 0 Å². The molecule has 2 atom stereocenters. The number of nitrogens with zero attached hydrogens (tertiary/aromatic N) is 1. The summed E-state index contributed by atoms with van der Waals surface area (Å²) in [6.45, 7) is 8.30. The Morgan fingerprint density at radius 1 is 1.33 bits per heavy atom. The third-order valence-electron chi connectivity index (χ3n) is 2.98. The van der Waals surface area contributed by atoms with E-state index in [1.807, 2.05) is 0 Å². The molecule has 0 spiro atoms. The second-order valence-corrected chi connectivity index (χ2v) is 4.88. The topological polar surface area (TPSA) is 15.3 Å². The van der Waals surface area contributed by atoms with Crippen LogP contribution in [-0.4, -0.2) is 43.0 Å². The van der Waals surface area contributed by atoms with Gasteiger partial charge in [-0.1, -0.05) is 6.92 Å². The first-order valence-corrected chi connectivity index (χ1v) is 5.74. The Bertz CT molecular complexity index is 185. The summed E-state index contributed by atoms with van der Waals surface area (Å²) in [5.41, 5.74) is 0. The molecule has 0 saturated carbocycles. The Morgan fingerprint density at radius 2 is 2.00 bits per heavy atom. The molecule has 1 aliphatic rings. The predicted octanol–water partition coefficient (Wildman–Crippen LogP) is 1.96. The maximum Gasteiger partial charge on any atom is 0.250 e. The smallest absolute Gasteiger partial charge is 0.250 e. The Hall–Kier alpha value is -0.220. The Morgan fingerprint density at radius 3 is 2.53 bits per heavy atom. The summed E-state index contributed by atoms with van der Waals surface area (Å²) in [6, 6.07) is 0.730. The molecule has 2 nitrogen and oxygen atoms in total. The fourth-order valence-corrected chi connectivity index (χ4v) is 2.22. The van der Waals surface area contributed by atoms with Crippen LogP contribution in [0.5, 0.6) is 0 Å². The molecule has 0 radical (unpaired) electrons. The van der Waals surface area contributed by atoms with Gasteiger partial charge in [0.15, 0.2) is 0 Å². The van der Waals surface area contributed by atoms with Crippen LogP contribution in [0.4, 0.5) is 8.78 Å². The predicted molar refractivity (Wildman–Crippen MR) is 58.3 cm³/mol. The van der Waals surface area contributed by atoms with E-state index in [1.165, 1.54) is 0 Å². The van der Waals surface area contributed by atoms with Gasteiger partial charge in [0.05, 0.1) is 6.54 Å². The average Bonchev–Trinajstić information content (AvgIpc) is 2.13. The summed E-state index contributed by atoms with van der Waals surface area (Å²) >= 11 is 0. The van der Waals surface area contributed by atoms with Crippen LogP contribution in [0.1, 0.15) is 27.2 Å². The van der Waals surface area contributed by atoms with Gasteiger partial charge in [0.2, 0.25) is 0 Å². The molecular formula is C11H22F2N2. The highest BCUT2D eigenvalue weighted by atomic mass is 19.3. The van der Waals surface area contributed by atoms with Crippen molar-refractivity contribution in [3.8, 4) is 0 Å². The molecule has 1 saturated heterocycles. The largest absolute Gasteiger partial charge is 0.307 e. The second kappa shape index (κ2) is 5.75. The molecule has 1 rings (SSSR count). The first-order chi connectivity index (χ1) is 6.99. The van der Waals surface area contributed by atoms with Crippen molar-refractivity contribution in [3.63, 3.8) is 0 Å². The number of alkyl halides is 2. The molecular weight excluding hydrogens is 198 g/mol. The standard InChI is InChI=1S/C11H22F2N2/c1-8(2)15-6-9(3)4-10(7-15)14-5-11(12)13/h8-11,14H,4-7H2,1-3H3. The van der Waals surface area contributed by atoms with Gasteiger partial charge in [-0.15, -0.1) is 0 Å². The average molecular weight is 220 g/mol. The molecule has 0 aromatic rings. The van der Waals surface area contributed by atoms with Gasteiger partial charge in [0, 0.05) is 25.2 Å². The number of nitrogens with one attached hydrogen (secondary N) is 1. The van der Waals surface area contributed by atoms with Crippen LogP contribution < -0.4 is 5.32 Å². The lowest BCUT2D eigenvalue weighted by atomic mass is 9.95. The quantitative estimate of drug-likeness (QED) is 0.779. The van der Waals surface area contributed by atoms with Crippen LogP contribution >= 0.6 is 0 Å². The molecule has 1 fully saturated rings. The van der Waals surface area contributed by atoms with Gasteiger partial charge < -0.3 is 5.32 Å². The van der Waals surface area contributed by atoms with Gasteiger partial charge in [-0.25, -0.2) is 8.78 Å². The normalized spacial score (nSPS) is 29.0. The first kappa shape index (κ1) is 12.8. The number of hydrogen-bond acceptors (Lipinski definition) is 2. The molecule has 1 heterocycles. The molecule has 0 aromatic heterocycles. The van der Waals surface area contributed by atoms with Crippen LogP contribution in [0.15, 0.2) is 0 Å². The van der Waals surface area contributed by atoms with Crippen molar-refractivity contribution in [1.29, 1.82) is 0 Å². The highest BCUT2D eigenvalue weighted by Gasteiger charge is 2.26. The van der Waals surface area contributed by atoms with E-state index < -0.39 is 6.43 Å². The summed E-state index contributed by atoms with van der Waals surface area (Å²) in [5.74, 6) is 0.594. The van der Waals surface area contributed by atoms with Crippen molar-refractivity contribution in [2.75, 3.05) is 19.6 Å². The summed E-state index contributed by atoms with van der Waals surface area (Å²) in [7, 11) is 0. The zero-order valence-corrected chi connectivity index (χ0v) is 9.84. The highest BCUT2D eigenvalue weighted by molar-refractivity contribution is 4.83. The van der Waals surface area contributed by atoms with Crippen LogP contribution in [0.25, 0.3) is 0 Å². The van der Waals surface area contributed by atoms with E-state index in [0.29, 0.717) is 12.0 Å². The van der Waals surface area contributed by atoms with Crippen LogP contribution in [-0.2, 0) is 0 Å². The van der Waals surface area contributed by atoms with Crippen LogP contribution in [0.2, 0.25) is 0 Å². The van der Waals surface area contributed by atoms with Crippen molar-refractivity contribution < 1.29 is 8.78 Å². The Balaban J connectivity index is 2.37. The van der Waals surface area contributed by atoms with E-state index >= 15 is 0 Å². The fourth-order valence-electron chi connectivity index (χ4n) is 2.22. The molecule has 1 N–H and O–H groups in total. The van der Waals surface area contributed by atoms with Gasteiger partial charge >= 0.3 is 0 Å². The lowest BCUT2D eigenvalue weighted by Crippen LogP contribution is -2.51. The molecule has 4 heteroatoms. The van der Waals surface area contributed by atoms with Gasteiger partial charge in [0.25, 0.3) is 6.43 Å². The fraction of sp³-hybridized carbons (Fsp3) is 1.00. The maximum absolute atomic E-state index is 12.1. The zero-order valence-electron chi connectivity index (χ0n) is 9.84. The molecule has 0 bridgehead atoms. The highest BCUT2D eigenvalue weighted by Crippen LogP contribution is 2.18. The zero-order chi connectivity index (χ0) is 11.4. The lowest BCUT2D eigenvalue weighted by molar-refractivity contribution is 0.0974. The van der Waals surface area contributed by atoms with E-state index in [4.69, 9.17) is 0 Å². The number of likely N-dealkylation sites (tertiary alicyclic amines) is 1. The lowest BCUT2D eigenvalue weighted by Gasteiger charge is -2.39. The van der Waals surface area contributed by atoms with E-state index in [9.17, 15) is 8.78 Å². The third kappa shape index (κ3) is 4.43. The molecule has 0 amide bonds. The maximum atomic E-state index is 12.1. The van der Waals surface area contributed by atoms with Crippen LogP contribution in [0.3, 0.4) is 0 Å². The minimum absolute atomic E-state index is 0.177. The minimum atomic E-state index is -2.24. The number of halogens is 2. The van der Waals surface area contributed by atoms with Gasteiger partial charge in [-0.2, -0.15) is 0 Å². The minimum Gasteiger partial charge on any atom is -0.307 e. The first-order valence-electron chi connectivity index (χ1n) is 5.74. The van der Waals surface area contributed by atoms with Gasteiger partial charge in [0.1, 0.15) is 0 Å². The molecule has 0 aromatic carbocycles. The molecule has 1 aliphatic heterocycles. The number of piperidine rings is 1. The van der Waals surface area contributed by atoms with Crippen LogP contribution in [0, 0.1) is 5.92 Å². The third-order valence-corrected chi connectivity index (χ3v) is 2.98. The number of hydrogen-bond donors (Lipinski definition) is 1. The van der Waals surface area contributed by atoms with Crippen molar-refractivity contribution >= 4 is 0 Å². The second-order valence-electron chi connectivity index (χ2n) is 4.88. The Labute approximate surface area is 91.0 Å². The van der Waals surface area contributed by atoms with E-state index in [1.54, 1.807) is 0 Å². The van der Waals surface area contributed by atoms with E-state index in [-0.39, 0.29) is 12.6 Å². The summed E-state index contributed by atoms with van der Waals surface area (Å²) in [4.78, 5) is 2.36. The van der Waals surface area contributed by atoms with Crippen molar-refractivity contribution in [2.45, 2.75) is 45.7 Å². The molecule has 0 aliphatic carbocycles. The summed E-state index contributed by atoms with van der Waals surface area (Å²) in [5, 5.41) is 2.94. The van der Waals surface area contributed by atoms with Gasteiger partial charge in [-0.05, 0) is 26.2 Å². The Kier molecular flexibility index (Phi) is 4.93. The van der Waals surface area contributed by atoms with E-state index in [0.717, 1.165) is 19.5 Å².